The van der Waals surface area contributed by atoms with E-state index in [9.17, 15) is 19.7 Å². The summed E-state index contributed by atoms with van der Waals surface area (Å²) in [7, 11) is 0. The van der Waals surface area contributed by atoms with E-state index < -0.39 is 28.0 Å². The van der Waals surface area contributed by atoms with Gasteiger partial charge in [-0.3, -0.25) is 14.9 Å². The molecule has 0 radical (unpaired) electrons. The molecule has 1 amide bonds. The number of aryl methyl sites for hydroxylation is 1. The largest absolute Gasteiger partial charge is 0.478 e. The fourth-order valence-corrected chi connectivity index (χ4v) is 3.77. The number of carbonyl (C=O) groups is 2. The smallest absolute Gasteiger partial charge is 0.335 e. The van der Waals surface area contributed by atoms with E-state index in [0.717, 1.165) is 48.2 Å². The first-order valence-corrected chi connectivity index (χ1v) is 8.47. The van der Waals surface area contributed by atoms with Gasteiger partial charge >= 0.3 is 5.97 Å². The van der Waals surface area contributed by atoms with E-state index in [4.69, 9.17) is 5.11 Å². The predicted molar refractivity (Wildman–Crippen MR) is 89.9 cm³/mol. The lowest BCUT2D eigenvalue weighted by Gasteiger charge is -2.40. The van der Waals surface area contributed by atoms with Crippen molar-refractivity contribution in [3.8, 4) is 0 Å². The first-order valence-electron chi connectivity index (χ1n) is 7.59. The molecule has 130 valence electrons. The number of nitrogens with one attached hydrogen (secondary N) is 1. The maximum absolute atomic E-state index is 12.6. The average molecular weight is 361 g/mol. The third kappa shape index (κ3) is 3.22. The molecule has 1 aliphatic carbocycles. The Morgan fingerprint density at radius 1 is 1.32 bits per heavy atom. The molecule has 2 aromatic rings. The molecule has 9 heteroatoms. The van der Waals surface area contributed by atoms with Crippen molar-refractivity contribution in [1.82, 2.24) is 10.3 Å². The number of carboxylic acid groups (broad SMARTS) is 1. The number of nitrogens with zero attached hydrogens (tertiary/aromatic N) is 2. The molecule has 0 atom stereocenters. The summed E-state index contributed by atoms with van der Waals surface area (Å²) in [5, 5.41) is 25.7. The molecule has 1 aliphatic rings. The Morgan fingerprint density at radius 2 is 2.00 bits per heavy atom. The van der Waals surface area contributed by atoms with Crippen LogP contribution in [0.3, 0.4) is 0 Å². The topological polar surface area (TPSA) is 122 Å². The molecule has 0 aliphatic heterocycles. The first-order chi connectivity index (χ1) is 11.8. The molecule has 0 spiro atoms. The van der Waals surface area contributed by atoms with E-state index in [2.05, 4.69) is 10.3 Å². The number of benzene rings is 1. The highest BCUT2D eigenvalue weighted by molar-refractivity contribution is 7.09. The van der Waals surface area contributed by atoms with E-state index in [-0.39, 0.29) is 11.1 Å². The van der Waals surface area contributed by atoms with Gasteiger partial charge < -0.3 is 10.4 Å². The van der Waals surface area contributed by atoms with Crippen molar-refractivity contribution in [2.24, 2.45) is 0 Å². The minimum absolute atomic E-state index is 0.0499. The molecule has 0 bridgehead atoms. The Morgan fingerprint density at radius 3 is 2.48 bits per heavy atom. The van der Waals surface area contributed by atoms with Gasteiger partial charge in [0.2, 0.25) is 0 Å². The molecular formula is C16H15N3O5S. The van der Waals surface area contributed by atoms with E-state index in [1.165, 1.54) is 11.3 Å². The van der Waals surface area contributed by atoms with Crippen LogP contribution in [0.15, 0.2) is 23.6 Å². The van der Waals surface area contributed by atoms with Crippen molar-refractivity contribution in [2.75, 3.05) is 0 Å². The molecule has 1 aromatic heterocycles. The SMILES string of the molecule is Cc1csc(C2(NC(=O)c3cc(C(=O)O)cc([N+](=O)[O-])c3)CCC2)n1. The summed E-state index contributed by atoms with van der Waals surface area (Å²) in [5.41, 5.74) is -0.496. The number of aromatic nitrogens is 1. The van der Waals surface area contributed by atoms with E-state index in [1.54, 1.807) is 0 Å². The van der Waals surface area contributed by atoms with Crippen LogP contribution >= 0.6 is 11.3 Å². The second kappa shape index (κ2) is 6.25. The summed E-state index contributed by atoms with van der Waals surface area (Å²) in [6.07, 6.45) is 2.40. The predicted octanol–water partition coefficient (Wildman–Crippen LogP) is 2.87. The van der Waals surface area contributed by atoms with Crippen molar-refractivity contribution >= 4 is 28.9 Å². The third-order valence-corrected chi connectivity index (χ3v) is 5.39. The van der Waals surface area contributed by atoms with Crippen LogP contribution in [-0.4, -0.2) is 26.9 Å². The number of aromatic carboxylic acids is 1. The molecule has 2 N–H and O–H groups in total. The zero-order valence-electron chi connectivity index (χ0n) is 13.3. The molecule has 0 saturated heterocycles. The van der Waals surface area contributed by atoms with Crippen LogP contribution in [0.5, 0.6) is 0 Å². The molecular weight excluding hydrogens is 346 g/mol. The lowest BCUT2D eigenvalue weighted by molar-refractivity contribution is -0.384. The van der Waals surface area contributed by atoms with Crippen LogP contribution in [0.25, 0.3) is 0 Å². The van der Waals surface area contributed by atoms with E-state index >= 15 is 0 Å². The van der Waals surface area contributed by atoms with Gasteiger partial charge in [0, 0.05) is 28.8 Å². The number of hydrogen-bond acceptors (Lipinski definition) is 6. The zero-order chi connectivity index (χ0) is 18.2. The highest BCUT2D eigenvalue weighted by Gasteiger charge is 2.42. The van der Waals surface area contributed by atoms with Crippen LogP contribution < -0.4 is 5.32 Å². The number of carboxylic acids is 1. The zero-order valence-corrected chi connectivity index (χ0v) is 14.1. The monoisotopic (exact) mass is 361 g/mol. The van der Waals surface area contributed by atoms with Crippen molar-refractivity contribution < 1.29 is 19.6 Å². The summed E-state index contributed by atoms with van der Waals surface area (Å²) < 4.78 is 0. The molecule has 1 aromatic carbocycles. The number of carbonyl (C=O) groups excluding carboxylic acids is 1. The first kappa shape index (κ1) is 17.0. The fourth-order valence-electron chi connectivity index (χ4n) is 2.76. The number of nitro groups is 1. The molecule has 1 saturated carbocycles. The lowest BCUT2D eigenvalue weighted by Crippen LogP contribution is -2.50. The minimum Gasteiger partial charge on any atom is -0.478 e. The maximum Gasteiger partial charge on any atom is 0.335 e. The number of thiazole rings is 1. The standard InChI is InChI=1S/C16H15N3O5S/c1-9-8-25-15(17-9)16(3-2-4-16)18-13(20)10-5-11(14(21)22)7-12(6-10)19(23)24/h5-8H,2-4H2,1H3,(H,18,20)(H,21,22). The normalized spacial score (nSPS) is 15.2. The number of nitro benzene ring substituents is 1. The van der Waals surface area contributed by atoms with Crippen LogP contribution in [-0.2, 0) is 5.54 Å². The van der Waals surface area contributed by atoms with Gasteiger partial charge in [-0.05, 0) is 32.3 Å². The second-order valence-electron chi connectivity index (χ2n) is 6.01. The number of amides is 1. The summed E-state index contributed by atoms with van der Waals surface area (Å²) >= 11 is 1.46. The summed E-state index contributed by atoms with van der Waals surface area (Å²) in [5.74, 6) is -1.87. The van der Waals surface area contributed by atoms with Crippen LogP contribution in [0.4, 0.5) is 5.69 Å². The van der Waals surface area contributed by atoms with E-state index in [1.807, 2.05) is 12.3 Å². The Bertz CT molecular complexity index is 840. The highest BCUT2D eigenvalue weighted by Crippen LogP contribution is 2.42. The number of non-ortho nitro benzene ring substituents is 1. The Kier molecular flexibility index (Phi) is 4.25. The maximum atomic E-state index is 12.6. The van der Waals surface area contributed by atoms with Crippen molar-refractivity contribution in [3.63, 3.8) is 0 Å². The van der Waals surface area contributed by atoms with E-state index in [0.29, 0.717) is 0 Å². The van der Waals surface area contributed by atoms with Gasteiger partial charge in [-0.1, -0.05) is 0 Å². The molecule has 1 fully saturated rings. The second-order valence-corrected chi connectivity index (χ2v) is 6.87. The summed E-state index contributed by atoms with van der Waals surface area (Å²) in [6.45, 7) is 1.87. The van der Waals surface area contributed by atoms with Gasteiger partial charge in [-0.25, -0.2) is 9.78 Å². The number of hydrogen-bond donors (Lipinski definition) is 2. The van der Waals surface area contributed by atoms with Crippen molar-refractivity contribution in [3.05, 3.63) is 55.5 Å². The van der Waals surface area contributed by atoms with Gasteiger partial charge in [-0.15, -0.1) is 11.3 Å². The average Bonchev–Trinajstić information content (AvgIpc) is 2.96. The molecule has 1 heterocycles. The van der Waals surface area contributed by atoms with Gasteiger partial charge in [0.25, 0.3) is 11.6 Å². The summed E-state index contributed by atoms with van der Waals surface area (Å²) in [4.78, 5) is 38.5. The fraction of sp³-hybridized carbons (Fsp3) is 0.312. The molecule has 3 rings (SSSR count). The lowest BCUT2D eigenvalue weighted by atomic mass is 9.77. The summed E-state index contributed by atoms with van der Waals surface area (Å²) in [6, 6.07) is 3.16. The Balaban J connectivity index is 1.92. The van der Waals surface area contributed by atoms with Crippen molar-refractivity contribution in [2.45, 2.75) is 31.7 Å². The van der Waals surface area contributed by atoms with Gasteiger partial charge in [0.05, 0.1) is 16.0 Å². The van der Waals surface area contributed by atoms with Gasteiger partial charge in [-0.2, -0.15) is 0 Å². The molecule has 8 nitrogen and oxygen atoms in total. The quantitative estimate of drug-likeness (QED) is 0.623. The molecule has 0 unspecified atom stereocenters. The van der Waals surface area contributed by atoms with Crippen LogP contribution in [0.2, 0.25) is 0 Å². The minimum atomic E-state index is -1.33. The van der Waals surface area contributed by atoms with Gasteiger partial charge in [0.1, 0.15) is 5.01 Å². The van der Waals surface area contributed by atoms with Crippen LogP contribution in [0.1, 0.15) is 50.7 Å². The van der Waals surface area contributed by atoms with Gasteiger partial charge in [0.15, 0.2) is 0 Å². The third-order valence-electron chi connectivity index (χ3n) is 4.23. The van der Waals surface area contributed by atoms with Crippen molar-refractivity contribution in [1.29, 1.82) is 0 Å². The Labute approximate surface area is 146 Å². The highest BCUT2D eigenvalue weighted by atomic mass is 32.1. The molecule has 25 heavy (non-hydrogen) atoms. The number of rotatable bonds is 5. The van der Waals surface area contributed by atoms with Crippen LogP contribution in [0, 0.1) is 17.0 Å². The Hall–Kier alpha value is -2.81.